The van der Waals surface area contributed by atoms with Gasteiger partial charge < -0.3 is 28.8 Å². The average molecular weight is 1030 g/mol. The summed E-state index contributed by atoms with van der Waals surface area (Å²) < 4.78 is 23.5. The van der Waals surface area contributed by atoms with Gasteiger partial charge in [0.2, 0.25) is 5.91 Å². The zero-order valence-electron chi connectivity index (χ0n) is 48.7. The van der Waals surface area contributed by atoms with Gasteiger partial charge in [-0.05, 0) is 12.8 Å². The van der Waals surface area contributed by atoms with E-state index in [2.05, 4.69) is 19.2 Å². The van der Waals surface area contributed by atoms with E-state index in [0.717, 1.165) is 38.5 Å². The van der Waals surface area contributed by atoms with Crippen molar-refractivity contribution in [1.82, 2.24) is 5.32 Å². The van der Waals surface area contributed by atoms with Crippen LogP contribution in [0.5, 0.6) is 0 Å². The van der Waals surface area contributed by atoms with E-state index in [9.17, 15) is 19.4 Å². The van der Waals surface area contributed by atoms with Crippen molar-refractivity contribution >= 4 is 13.7 Å². The maximum atomic E-state index is 13.0. The highest BCUT2D eigenvalue weighted by molar-refractivity contribution is 7.45. The minimum atomic E-state index is -4.57. The van der Waals surface area contributed by atoms with Crippen molar-refractivity contribution in [2.75, 3.05) is 40.9 Å². The summed E-state index contributed by atoms with van der Waals surface area (Å²) in [5.41, 5.74) is 0. The van der Waals surface area contributed by atoms with E-state index >= 15 is 0 Å². The first kappa shape index (κ1) is 70.5. The molecule has 0 saturated carbocycles. The molecule has 0 saturated heterocycles. The predicted molar refractivity (Wildman–Crippen MR) is 307 cm³/mol. The van der Waals surface area contributed by atoms with Gasteiger partial charge in [-0.2, -0.15) is 0 Å². The molecule has 0 heterocycles. The lowest BCUT2D eigenvalue weighted by Gasteiger charge is -2.30. The number of carbonyl (C=O) groups excluding carboxylic acids is 1. The van der Waals surface area contributed by atoms with Gasteiger partial charge in [-0.25, -0.2) is 0 Å². The van der Waals surface area contributed by atoms with Crippen LogP contribution >= 0.6 is 7.82 Å². The standard InChI is InChI=1S/C62H127N2O6P/c1-6-8-10-12-14-16-18-20-22-24-25-26-27-28-29-30-31-32-33-34-35-36-37-38-40-42-44-46-48-50-52-54-56-62(66)63-60(59-70-71(67,68)69-58-57-64(3,4)5)61(65)55-53-51-49-47-45-43-41-39-23-21-19-17-15-13-11-9-7-2/h60-61,65H,6-59H2,1-5H3,(H-,63,66,67,68). The summed E-state index contributed by atoms with van der Waals surface area (Å²) in [7, 11) is 1.33. The molecule has 0 bridgehead atoms. The molecule has 0 aromatic carbocycles. The van der Waals surface area contributed by atoms with Crippen molar-refractivity contribution in [2.45, 2.75) is 353 Å². The second-order valence-electron chi connectivity index (χ2n) is 23.5. The molecule has 0 aliphatic carbocycles. The Morgan fingerprint density at radius 3 is 0.958 bits per heavy atom. The molecule has 71 heavy (non-hydrogen) atoms. The number of hydrogen-bond acceptors (Lipinski definition) is 6. The molecule has 0 spiro atoms. The van der Waals surface area contributed by atoms with E-state index in [4.69, 9.17) is 9.05 Å². The third-order valence-electron chi connectivity index (χ3n) is 15.1. The van der Waals surface area contributed by atoms with E-state index in [-0.39, 0.29) is 19.1 Å². The molecule has 0 radical (unpaired) electrons. The van der Waals surface area contributed by atoms with Crippen molar-refractivity contribution in [2.24, 2.45) is 0 Å². The molecule has 3 unspecified atom stereocenters. The third kappa shape index (κ3) is 57.1. The minimum absolute atomic E-state index is 0.0167. The zero-order valence-corrected chi connectivity index (χ0v) is 49.6. The highest BCUT2D eigenvalue weighted by atomic mass is 31.2. The lowest BCUT2D eigenvalue weighted by molar-refractivity contribution is -0.870. The Balaban J connectivity index is 3.96. The highest BCUT2D eigenvalue weighted by Crippen LogP contribution is 2.38. The summed E-state index contributed by atoms with van der Waals surface area (Å²) in [5.74, 6) is -0.155. The second kappa shape index (κ2) is 54.3. The molecule has 3 atom stereocenters. The number of likely N-dealkylation sites (N-methyl/N-ethyl adjacent to an activating group) is 1. The maximum absolute atomic E-state index is 13.0. The third-order valence-corrected chi connectivity index (χ3v) is 16.1. The largest absolute Gasteiger partial charge is 0.756 e. The lowest BCUT2D eigenvalue weighted by atomic mass is 10.0. The average Bonchev–Trinajstić information content (AvgIpc) is 3.33. The molecule has 0 fully saturated rings. The molecule has 9 heteroatoms. The SMILES string of the molecule is CCCCCCCCCCCCCCCCCCCCCCCCCCCCCCCCCCC(=O)NC(COP(=O)([O-])OCC[N+](C)(C)C)C(O)CCCCCCCCCCCCCCCCCCC. The van der Waals surface area contributed by atoms with E-state index < -0.39 is 20.0 Å². The van der Waals surface area contributed by atoms with Gasteiger partial charge in [-0.3, -0.25) is 9.36 Å². The van der Waals surface area contributed by atoms with Crippen molar-refractivity contribution < 1.29 is 32.9 Å². The Labute approximate surface area is 444 Å². The number of rotatable bonds is 60. The van der Waals surface area contributed by atoms with Gasteiger partial charge in [0.1, 0.15) is 13.2 Å². The molecule has 0 rings (SSSR count). The number of nitrogens with one attached hydrogen (secondary N) is 1. The number of phosphoric ester groups is 1. The highest BCUT2D eigenvalue weighted by Gasteiger charge is 2.24. The van der Waals surface area contributed by atoms with Gasteiger partial charge in [0, 0.05) is 6.42 Å². The predicted octanol–water partition coefficient (Wildman–Crippen LogP) is 19.0. The molecule has 0 aromatic heterocycles. The Morgan fingerprint density at radius 1 is 0.437 bits per heavy atom. The van der Waals surface area contributed by atoms with Crippen LogP contribution in [0.1, 0.15) is 341 Å². The first-order valence-electron chi connectivity index (χ1n) is 31.9. The zero-order chi connectivity index (χ0) is 52.0. The maximum Gasteiger partial charge on any atom is 0.268 e. The fourth-order valence-electron chi connectivity index (χ4n) is 10.1. The molecule has 0 aliphatic heterocycles. The Hall–Kier alpha value is -0.500. The van der Waals surface area contributed by atoms with Gasteiger partial charge in [-0.1, -0.05) is 322 Å². The molecule has 8 nitrogen and oxygen atoms in total. The van der Waals surface area contributed by atoms with E-state index in [1.165, 1.54) is 276 Å². The number of phosphoric acid groups is 1. The van der Waals surface area contributed by atoms with Crippen LogP contribution in [-0.2, 0) is 18.4 Å². The minimum Gasteiger partial charge on any atom is -0.756 e. The van der Waals surface area contributed by atoms with Crippen LogP contribution in [-0.4, -0.2) is 68.5 Å². The Bertz CT molecular complexity index is 1120. The number of unbranched alkanes of at least 4 members (excludes halogenated alkanes) is 47. The number of nitrogens with zero attached hydrogens (tertiary/aromatic N) is 1. The normalized spacial score (nSPS) is 13.7. The van der Waals surface area contributed by atoms with Crippen molar-refractivity contribution in [3.05, 3.63) is 0 Å². The summed E-state index contributed by atoms with van der Waals surface area (Å²) in [6.07, 6.45) is 65.9. The molecular formula is C62H127N2O6P. The number of quaternary nitrogens is 1. The van der Waals surface area contributed by atoms with Gasteiger partial charge in [-0.15, -0.1) is 0 Å². The van der Waals surface area contributed by atoms with Crippen LogP contribution in [0.25, 0.3) is 0 Å². The molecule has 1 amide bonds. The van der Waals surface area contributed by atoms with Crippen molar-refractivity contribution in [1.29, 1.82) is 0 Å². The van der Waals surface area contributed by atoms with Crippen molar-refractivity contribution in [3.63, 3.8) is 0 Å². The first-order valence-corrected chi connectivity index (χ1v) is 33.3. The van der Waals surface area contributed by atoms with Crippen LogP contribution in [0.3, 0.4) is 0 Å². The molecular weight excluding hydrogens is 900 g/mol. The number of aliphatic hydroxyl groups is 1. The topological polar surface area (TPSA) is 108 Å². The lowest BCUT2D eigenvalue weighted by Crippen LogP contribution is -2.46. The Kier molecular flexibility index (Phi) is 53.9. The summed E-state index contributed by atoms with van der Waals surface area (Å²) in [5, 5.41) is 14.0. The van der Waals surface area contributed by atoms with Gasteiger partial charge in [0.05, 0.1) is 39.9 Å². The van der Waals surface area contributed by atoms with Crippen molar-refractivity contribution in [3.8, 4) is 0 Å². The van der Waals surface area contributed by atoms with Crippen LogP contribution in [0.2, 0.25) is 0 Å². The second-order valence-corrected chi connectivity index (χ2v) is 24.9. The van der Waals surface area contributed by atoms with Gasteiger partial charge >= 0.3 is 0 Å². The summed E-state index contributed by atoms with van der Waals surface area (Å²) in [6, 6.07) is -0.795. The van der Waals surface area contributed by atoms with E-state index in [1.54, 1.807) is 0 Å². The number of aliphatic hydroxyl groups excluding tert-OH is 1. The molecule has 2 N–H and O–H groups in total. The summed E-state index contributed by atoms with van der Waals surface area (Å²) >= 11 is 0. The van der Waals surface area contributed by atoms with E-state index in [1.807, 2.05) is 21.1 Å². The van der Waals surface area contributed by atoms with Crippen LogP contribution in [0, 0.1) is 0 Å². The molecule has 0 aromatic rings. The Morgan fingerprint density at radius 2 is 0.690 bits per heavy atom. The van der Waals surface area contributed by atoms with Crippen LogP contribution in [0.15, 0.2) is 0 Å². The molecule has 0 aliphatic rings. The summed E-state index contributed by atoms with van der Waals surface area (Å²) in [6.45, 7) is 4.78. The molecule has 426 valence electrons. The summed E-state index contributed by atoms with van der Waals surface area (Å²) in [4.78, 5) is 25.6. The number of hydrogen-bond donors (Lipinski definition) is 2. The fraction of sp³-hybridized carbons (Fsp3) is 0.984. The van der Waals surface area contributed by atoms with E-state index in [0.29, 0.717) is 23.9 Å². The fourth-order valence-corrected chi connectivity index (χ4v) is 10.8. The van der Waals surface area contributed by atoms with Crippen LogP contribution in [0.4, 0.5) is 0 Å². The van der Waals surface area contributed by atoms with Gasteiger partial charge in [0.15, 0.2) is 0 Å². The van der Waals surface area contributed by atoms with Gasteiger partial charge in [0.25, 0.3) is 7.82 Å². The monoisotopic (exact) mass is 1030 g/mol. The van der Waals surface area contributed by atoms with Crippen LogP contribution < -0.4 is 10.2 Å². The number of amides is 1. The number of carbonyl (C=O) groups is 1. The smallest absolute Gasteiger partial charge is 0.268 e. The quantitative estimate of drug-likeness (QED) is 0.0357. The first-order chi connectivity index (χ1) is 34.5.